The van der Waals surface area contributed by atoms with Crippen molar-refractivity contribution < 1.29 is 4.79 Å². The van der Waals surface area contributed by atoms with Crippen LogP contribution in [0.1, 0.15) is 46.0 Å². The predicted octanol–water partition coefficient (Wildman–Crippen LogP) is 1.86. The van der Waals surface area contributed by atoms with Crippen molar-refractivity contribution >= 4 is 5.91 Å². The van der Waals surface area contributed by atoms with E-state index in [1.165, 1.54) is 38.8 Å². The molecule has 0 aromatic heterocycles. The molecule has 1 amide bonds. The Hall–Kier alpha value is -0.610. The summed E-state index contributed by atoms with van der Waals surface area (Å²) in [5, 5.41) is 6.55. The maximum absolute atomic E-state index is 12.1. The quantitative estimate of drug-likeness (QED) is 0.786. The highest BCUT2D eigenvalue weighted by Crippen LogP contribution is 2.22. The van der Waals surface area contributed by atoms with Gasteiger partial charge in [-0.2, -0.15) is 0 Å². The highest BCUT2D eigenvalue weighted by molar-refractivity contribution is 5.76. The molecule has 2 aliphatic heterocycles. The van der Waals surface area contributed by atoms with E-state index in [1.54, 1.807) is 0 Å². The number of carbonyl (C=O) groups excluding carboxylic acids is 1. The molecule has 4 heteroatoms. The van der Waals surface area contributed by atoms with Crippen molar-refractivity contribution in [2.75, 3.05) is 39.3 Å². The topological polar surface area (TPSA) is 44.4 Å². The van der Waals surface area contributed by atoms with Gasteiger partial charge < -0.3 is 15.5 Å². The minimum Gasteiger partial charge on any atom is -0.355 e. The zero-order chi connectivity index (χ0) is 15.1. The van der Waals surface area contributed by atoms with Crippen LogP contribution in [-0.4, -0.2) is 50.1 Å². The zero-order valence-corrected chi connectivity index (χ0v) is 13.9. The molecule has 3 atom stereocenters. The van der Waals surface area contributed by atoms with Gasteiger partial charge in [-0.25, -0.2) is 0 Å². The number of carbonyl (C=O) groups is 1. The van der Waals surface area contributed by atoms with Crippen LogP contribution in [0.15, 0.2) is 0 Å². The average Bonchev–Trinajstić information content (AvgIpc) is 2.48. The molecule has 21 heavy (non-hydrogen) atoms. The van der Waals surface area contributed by atoms with Crippen molar-refractivity contribution in [1.82, 2.24) is 15.5 Å². The Balaban J connectivity index is 1.58. The number of piperidine rings is 2. The number of hydrogen-bond acceptors (Lipinski definition) is 3. The fraction of sp³-hybridized carbons (Fsp3) is 0.941. The molecule has 2 aliphatic rings. The highest BCUT2D eigenvalue weighted by Gasteiger charge is 2.22. The highest BCUT2D eigenvalue weighted by atomic mass is 16.1. The first-order chi connectivity index (χ1) is 10.1. The molecule has 4 nitrogen and oxygen atoms in total. The molecule has 2 rings (SSSR count). The van der Waals surface area contributed by atoms with Crippen LogP contribution in [0, 0.1) is 17.8 Å². The summed E-state index contributed by atoms with van der Waals surface area (Å²) in [5.41, 5.74) is 0. The number of nitrogens with one attached hydrogen (secondary N) is 2. The van der Waals surface area contributed by atoms with E-state index in [1.807, 2.05) is 0 Å². The first-order valence-electron chi connectivity index (χ1n) is 8.85. The predicted molar refractivity (Wildman–Crippen MR) is 87.2 cm³/mol. The van der Waals surface area contributed by atoms with E-state index < -0.39 is 0 Å². The molecule has 0 saturated carbocycles. The first-order valence-corrected chi connectivity index (χ1v) is 8.85. The lowest BCUT2D eigenvalue weighted by atomic mass is 9.85. The maximum Gasteiger partial charge on any atom is 0.220 e. The summed E-state index contributed by atoms with van der Waals surface area (Å²) < 4.78 is 0. The molecule has 2 saturated heterocycles. The fourth-order valence-corrected chi connectivity index (χ4v) is 3.74. The van der Waals surface area contributed by atoms with Crippen LogP contribution in [0.4, 0.5) is 0 Å². The lowest BCUT2D eigenvalue weighted by molar-refractivity contribution is -0.122. The van der Waals surface area contributed by atoms with Crippen molar-refractivity contribution in [2.24, 2.45) is 17.8 Å². The Labute approximate surface area is 130 Å². The number of amides is 1. The number of rotatable bonds is 6. The average molecular weight is 295 g/mol. The van der Waals surface area contributed by atoms with Gasteiger partial charge in [0.2, 0.25) is 5.91 Å². The summed E-state index contributed by atoms with van der Waals surface area (Å²) in [5.74, 6) is 2.21. The minimum atomic E-state index is 0.234. The standard InChI is InChI=1S/C17H33N3O/c1-14-5-4-9-20(13-14)10-8-19-17(21)11-15(2)16-6-3-7-18-12-16/h14-16,18H,3-13H2,1-2H3,(H,19,21). The van der Waals surface area contributed by atoms with Gasteiger partial charge in [0.25, 0.3) is 0 Å². The van der Waals surface area contributed by atoms with Crippen molar-refractivity contribution in [3.05, 3.63) is 0 Å². The number of nitrogens with zero attached hydrogens (tertiary/aromatic N) is 1. The third-order valence-corrected chi connectivity index (χ3v) is 5.14. The van der Waals surface area contributed by atoms with E-state index in [2.05, 4.69) is 29.4 Å². The van der Waals surface area contributed by atoms with Gasteiger partial charge in [0, 0.05) is 26.1 Å². The summed E-state index contributed by atoms with van der Waals surface area (Å²) in [7, 11) is 0. The number of hydrogen-bond donors (Lipinski definition) is 2. The Kier molecular flexibility index (Phi) is 6.97. The van der Waals surface area contributed by atoms with Crippen molar-refractivity contribution in [3.8, 4) is 0 Å². The summed E-state index contributed by atoms with van der Waals surface area (Å²) >= 11 is 0. The van der Waals surface area contributed by atoms with Gasteiger partial charge in [-0.15, -0.1) is 0 Å². The smallest absolute Gasteiger partial charge is 0.220 e. The Morgan fingerprint density at radius 2 is 2.24 bits per heavy atom. The van der Waals surface area contributed by atoms with Crippen LogP contribution in [0.5, 0.6) is 0 Å². The molecule has 2 N–H and O–H groups in total. The third kappa shape index (κ3) is 5.95. The molecule has 0 bridgehead atoms. The molecule has 2 heterocycles. The molecule has 122 valence electrons. The van der Waals surface area contributed by atoms with Crippen LogP contribution >= 0.6 is 0 Å². The zero-order valence-electron chi connectivity index (χ0n) is 13.9. The van der Waals surface area contributed by atoms with Gasteiger partial charge in [-0.3, -0.25) is 4.79 Å². The summed E-state index contributed by atoms with van der Waals surface area (Å²) in [6.07, 6.45) is 5.87. The van der Waals surface area contributed by atoms with Gasteiger partial charge in [-0.1, -0.05) is 13.8 Å². The molecule has 0 aromatic carbocycles. The lowest BCUT2D eigenvalue weighted by Crippen LogP contribution is -2.41. The molecule has 3 unspecified atom stereocenters. The Morgan fingerprint density at radius 3 is 2.95 bits per heavy atom. The second kappa shape index (κ2) is 8.74. The van der Waals surface area contributed by atoms with Crippen LogP contribution in [0.3, 0.4) is 0 Å². The van der Waals surface area contributed by atoms with E-state index in [-0.39, 0.29) is 5.91 Å². The number of likely N-dealkylation sites (tertiary alicyclic amines) is 1. The molecule has 0 aliphatic carbocycles. The summed E-state index contributed by atoms with van der Waals surface area (Å²) in [6.45, 7) is 11.0. The van der Waals surface area contributed by atoms with Crippen LogP contribution in [-0.2, 0) is 4.79 Å². The molecular weight excluding hydrogens is 262 g/mol. The lowest BCUT2D eigenvalue weighted by Gasteiger charge is -2.31. The van der Waals surface area contributed by atoms with Crippen LogP contribution < -0.4 is 10.6 Å². The van der Waals surface area contributed by atoms with E-state index in [0.717, 1.165) is 32.1 Å². The van der Waals surface area contributed by atoms with E-state index in [0.29, 0.717) is 18.3 Å². The van der Waals surface area contributed by atoms with Crippen molar-refractivity contribution in [2.45, 2.75) is 46.0 Å². The normalized spacial score (nSPS) is 29.0. The minimum absolute atomic E-state index is 0.234. The molecule has 0 radical (unpaired) electrons. The maximum atomic E-state index is 12.1. The largest absolute Gasteiger partial charge is 0.355 e. The van der Waals surface area contributed by atoms with Gasteiger partial charge in [-0.05, 0) is 63.1 Å². The summed E-state index contributed by atoms with van der Waals surface area (Å²) in [4.78, 5) is 14.5. The fourth-order valence-electron chi connectivity index (χ4n) is 3.74. The van der Waals surface area contributed by atoms with Crippen LogP contribution in [0.2, 0.25) is 0 Å². The van der Waals surface area contributed by atoms with Crippen molar-refractivity contribution in [1.29, 1.82) is 0 Å². The van der Waals surface area contributed by atoms with Gasteiger partial charge in [0.1, 0.15) is 0 Å². The molecule has 2 fully saturated rings. The Morgan fingerprint density at radius 1 is 1.38 bits per heavy atom. The first kappa shape index (κ1) is 16.8. The van der Waals surface area contributed by atoms with Crippen molar-refractivity contribution in [3.63, 3.8) is 0 Å². The SMILES string of the molecule is CC1CCCN(CCNC(=O)CC(C)C2CCCNC2)C1. The molecular formula is C17H33N3O. The molecule has 0 aromatic rings. The monoisotopic (exact) mass is 295 g/mol. The van der Waals surface area contributed by atoms with E-state index >= 15 is 0 Å². The van der Waals surface area contributed by atoms with Gasteiger partial charge >= 0.3 is 0 Å². The molecule has 0 spiro atoms. The van der Waals surface area contributed by atoms with E-state index in [9.17, 15) is 4.79 Å². The van der Waals surface area contributed by atoms with Crippen LogP contribution in [0.25, 0.3) is 0 Å². The third-order valence-electron chi connectivity index (χ3n) is 5.14. The van der Waals surface area contributed by atoms with Gasteiger partial charge in [0.15, 0.2) is 0 Å². The Bertz CT molecular complexity index is 315. The second-order valence-electron chi connectivity index (χ2n) is 7.19. The second-order valence-corrected chi connectivity index (χ2v) is 7.19. The van der Waals surface area contributed by atoms with E-state index in [4.69, 9.17) is 0 Å². The summed E-state index contributed by atoms with van der Waals surface area (Å²) in [6, 6.07) is 0. The van der Waals surface area contributed by atoms with Gasteiger partial charge in [0.05, 0.1) is 0 Å².